The van der Waals surface area contributed by atoms with E-state index in [-0.39, 0.29) is 11.8 Å². The molecule has 0 radical (unpaired) electrons. The molecule has 3 N–H and O–H groups in total. The molecule has 0 fully saturated rings. The van der Waals surface area contributed by atoms with E-state index >= 15 is 0 Å². The number of hydrogen-bond acceptors (Lipinski definition) is 4. The fourth-order valence-electron chi connectivity index (χ4n) is 3.23. The molecule has 5 nitrogen and oxygen atoms in total. The van der Waals surface area contributed by atoms with Crippen molar-refractivity contribution in [3.05, 3.63) is 89.5 Å². The zero-order valence-corrected chi connectivity index (χ0v) is 15.3. The van der Waals surface area contributed by atoms with Crippen molar-refractivity contribution in [1.29, 1.82) is 0 Å². The third kappa shape index (κ3) is 3.44. The number of rotatable bonds is 4. The topological polar surface area (TPSA) is 72.2 Å². The van der Waals surface area contributed by atoms with Crippen molar-refractivity contribution in [3.8, 4) is 5.75 Å². The molecule has 0 aliphatic heterocycles. The van der Waals surface area contributed by atoms with Gasteiger partial charge < -0.3 is 5.11 Å². The molecule has 0 bridgehead atoms. The standard InChI is InChI=1S/C22H20N4O/c1-14-10-12-23-19(13-14)26-21(18-7-3-5-15(2)25-18)17-9-8-16-6-4-11-24-20(16)22(17)27/h3-13,21,27H,1-2H3,(H,23,26)/p+1/t21-/m1/s1. The summed E-state index contributed by atoms with van der Waals surface area (Å²) in [5, 5.41) is 15.3. The number of nitrogens with zero attached hydrogens (tertiary/aromatic N) is 2. The van der Waals surface area contributed by atoms with Crippen LogP contribution in [0.3, 0.4) is 0 Å². The lowest BCUT2D eigenvalue weighted by Crippen LogP contribution is -2.20. The first kappa shape index (κ1) is 17.0. The van der Waals surface area contributed by atoms with Crippen LogP contribution in [0, 0.1) is 13.8 Å². The lowest BCUT2D eigenvalue weighted by atomic mass is 9.99. The Morgan fingerprint density at radius 3 is 2.74 bits per heavy atom. The van der Waals surface area contributed by atoms with E-state index in [0.717, 1.165) is 33.7 Å². The highest BCUT2D eigenvalue weighted by Crippen LogP contribution is 2.35. The summed E-state index contributed by atoms with van der Waals surface area (Å²) in [7, 11) is 0. The first-order valence-electron chi connectivity index (χ1n) is 8.87. The number of phenolic OH excluding ortho intramolecular Hbond substituents is 1. The number of benzene rings is 1. The van der Waals surface area contributed by atoms with E-state index in [4.69, 9.17) is 0 Å². The Morgan fingerprint density at radius 2 is 1.93 bits per heavy atom. The zero-order chi connectivity index (χ0) is 18.8. The summed E-state index contributed by atoms with van der Waals surface area (Å²) in [5.74, 6) is 1.02. The maximum atomic E-state index is 10.9. The minimum atomic E-state index is -0.325. The van der Waals surface area contributed by atoms with Crippen LogP contribution in [-0.4, -0.2) is 15.1 Å². The molecule has 134 valence electrons. The van der Waals surface area contributed by atoms with Crippen LogP contribution in [0.1, 0.15) is 28.6 Å². The lowest BCUT2D eigenvalue weighted by Gasteiger charge is -2.17. The summed E-state index contributed by atoms with van der Waals surface area (Å²) in [6.07, 6.45) is 3.58. The SMILES string of the molecule is Cc1cc[nH+]c(N[C@@H](c2cccc(C)n2)c2ccc3cccnc3c2O)c1. The van der Waals surface area contributed by atoms with Crippen molar-refractivity contribution < 1.29 is 10.1 Å². The summed E-state index contributed by atoms with van der Waals surface area (Å²) in [4.78, 5) is 12.2. The monoisotopic (exact) mass is 357 g/mol. The predicted molar refractivity (Wildman–Crippen MR) is 106 cm³/mol. The van der Waals surface area contributed by atoms with Gasteiger partial charge in [-0.15, -0.1) is 0 Å². The van der Waals surface area contributed by atoms with Gasteiger partial charge in [-0.1, -0.05) is 18.2 Å². The number of aryl methyl sites for hydroxylation is 2. The lowest BCUT2D eigenvalue weighted by molar-refractivity contribution is -0.361. The molecule has 4 aromatic rings. The summed E-state index contributed by atoms with van der Waals surface area (Å²) < 4.78 is 0. The highest BCUT2D eigenvalue weighted by atomic mass is 16.3. The van der Waals surface area contributed by atoms with Gasteiger partial charge in [0.1, 0.15) is 11.3 Å². The number of hydrogen-bond donors (Lipinski definition) is 2. The molecule has 0 unspecified atom stereocenters. The highest BCUT2D eigenvalue weighted by molar-refractivity contribution is 5.85. The zero-order valence-electron chi connectivity index (χ0n) is 15.3. The first-order chi connectivity index (χ1) is 13.1. The molecule has 27 heavy (non-hydrogen) atoms. The molecule has 1 aromatic carbocycles. The fraction of sp³-hybridized carbons (Fsp3) is 0.136. The Bertz CT molecular complexity index is 1110. The van der Waals surface area contributed by atoms with Crippen molar-refractivity contribution in [2.75, 3.05) is 5.32 Å². The molecule has 4 rings (SSSR count). The van der Waals surface area contributed by atoms with Crippen LogP contribution in [0.25, 0.3) is 10.9 Å². The summed E-state index contributed by atoms with van der Waals surface area (Å²) in [6.45, 7) is 4.00. The second-order valence-corrected chi connectivity index (χ2v) is 6.64. The van der Waals surface area contributed by atoms with E-state index in [1.807, 2.05) is 74.6 Å². The Kier molecular flexibility index (Phi) is 4.42. The summed E-state index contributed by atoms with van der Waals surface area (Å²) >= 11 is 0. The maximum absolute atomic E-state index is 10.9. The molecule has 0 amide bonds. The molecule has 0 saturated carbocycles. The van der Waals surface area contributed by atoms with Crippen LogP contribution in [-0.2, 0) is 0 Å². The minimum absolute atomic E-state index is 0.168. The van der Waals surface area contributed by atoms with E-state index in [1.54, 1.807) is 6.20 Å². The quantitative estimate of drug-likeness (QED) is 0.580. The number of pyridine rings is 3. The Morgan fingerprint density at radius 1 is 1.04 bits per heavy atom. The number of aromatic amines is 1. The molecule has 0 aliphatic carbocycles. The van der Waals surface area contributed by atoms with Crippen LogP contribution < -0.4 is 10.3 Å². The Balaban J connectivity index is 1.86. The summed E-state index contributed by atoms with van der Waals surface area (Å²) in [5.41, 5.74) is 4.20. The molecular weight excluding hydrogens is 336 g/mol. The predicted octanol–water partition coefficient (Wildman–Crippen LogP) is 3.97. The average Bonchev–Trinajstić information content (AvgIpc) is 2.67. The van der Waals surface area contributed by atoms with Crippen LogP contribution in [0.5, 0.6) is 5.75 Å². The highest BCUT2D eigenvalue weighted by Gasteiger charge is 2.25. The van der Waals surface area contributed by atoms with Gasteiger partial charge in [0.05, 0.1) is 11.9 Å². The fourth-order valence-corrected chi connectivity index (χ4v) is 3.23. The van der Waals surface area contributed by atoms with Crippen molar-refractivity contribution in [1.82, 2.24) is 9.97 Å². The van der Waals surface area contributed by atoms with Crippen molar-refractivity contribution in [3.63, 3.8) is 0 Å². The van der Waals surface area contributed by atoms with Gasteiger partial charge in [0.15, 0.2) is 6.04 Å². The van der Waals surface area contributed by atoms with Crippen molar-refractivity contribution in [2.24, 2.45) is 0 Å². The number of aromatic hydroxyl groups is 1. The van der Waals surface area contributed by atoms with E-state index in [2.05, 4.69) is 20.3 Å². The van der Waals surface area contributed by atoms with Gasteiger partial charge in [-0.05, 0) is 49.7 Å². The second-order valence-electron chi connectivity index (χ2n) is 6.64. The van der Waals surface area contributed by atoms with Gasteiger partial charge in [0.25, 0.3) is 5.82 Å². The largest absolute Gasteiger partial charge is 0.505 e. The molecule has 5 heteroatoms. The van der Waals surface area contributed by atoms with Crippen molar-refractivity contribution >= 4 is 16.7 Å². The molecular formula is C22H21N4O+. The van der Waals surface area contributed by atoms with E-state index in [0.29, 0.717) is 5.52 Å². The van der Waals surface area contributed by atoms with Crippen LogP contribution in [0.15, 0.2) is 67.0 Å². The van der Waals surface area contributed by atoms with Crippen LogP contribution >= 0.6 is 0 Å². The molecule has 1 atom stereocenters. The van der Waals surface area contributed by atoms with Gasteiger partial charge in [0, 0.05) is 28.9 Å². The third-order valence-corrected chi connectivity index (χ3v) is 4.55. The molecule has 0 aliphatic rings. The number of fused-ring (bicyclic) bond motifs is 1. The van der Waals surface area contributed by atoms with Crippen molar-refractivity contribution in [2.45, 2.75) is 19.9 Å². The Labute approximate surface area is 157 Å². The average molecular weight is 357 g/mol. The Hall–Kier alpha value is -3.47. The molecule has 0 spiro atoms. The van der Waals surface area contributed by atoms with Crippen LogP contribution in [0.2, 0.25) is 0 Å². The molecule has 3 heterocycles. The minimum Gasteiger partial charge on any atom is -0.505 e. The first-order valence-corrected chi connectivity index (χ1v) is 8.87. The number of aromatic nitrogens is 3. The number of phenols is 1. The summed E-state index contributed by atoms with van der Waals surface area (Å²) in [6, 6.07) is 17.3. The van der Waals surface area contributed by atoms with Crippen LogP contribution in [0.4, 0.5) is 5.82 Å². The molecule has 3 aromatic heterocycles. The number of H-pyrrole nitrogens is 1. The van der Waals surface area contributed by atoms with Gasteiger partial charge in [-0.3, -0.25) is 15.3 Å². The second kappa shape index (κ2) is 7.03. The van der Waals surface area contributed by atoms with Gasteiger partial charge in [-0.2, -0.15) is 0 Å². The maximum Gasteiger partial charge on any atom is 0.273 e. The normalized spacial score (nSPS) is 12.1. The third-order valence-electron chi connectivity index (χ3n) is 4.55. The van der Waals surface area contributed by atoms with E-state index in [9.17, 15) is 5.11 Å². The van der Waals surface area contributed by atoms with Gasteiger partial charge in [-0.25, -0.2) is 4.98 Å². The van der Waals surface area contributed by atoms with E-state index < -0.39 is 0 Å². The van der Waals surface area contributed by atoms with Gasteiger partial charge in [0.2, 0.25) is 0 Å². The number of anilines is 1. The number of nitrogens with one attached hydrogen (secondary N) is 2. The van der Waals surface area contributed by atoms with E-state index in [1.165, 1.54) is 0 Å². The molecule has 0 saturated heterocycles. The van der Waals surface area contributed by atoms with Gasteiger partial charge >= 0.3 is 0 Å². The smallest absolute Gasteiger partial charge is 0.273 e.